The van der Waals surface area contributed by atoms with E-state index in [-0.39, 0.29) is 11.8 Å². The van der Waals surface area contributed by atoms with Crippen LogP contribution in [0, 0.1) is 5.92 Å². The molecule has 0 aromatic heterocycles. The molecule has 1 aliphatic rings. The van der Waals surface area contributed by atoms with E-state index in [4.69, 9.17) is 5.11 Å². The van der Waals surface area contributed by atoms with Gasteiger partial charge < -0.3 is 15.7 Å². The SMILES string of the molecule is CC(NC(=O)c1ccc(NC(=O)C2CC=CC2)cc1)C(=O)O. The minimum Gasteiger partial charge on any atom is -0.480 e. The summed E-state index contributed by atoms with van der Waals surface area (Å²) in [5, 5.41) is 13.9. The standard InChI is InChI=1S/C16H18N2O4/c1-10(16(21)22)17-14(19)12-6-8-13(9-7-12)18-15(20)11-4-2-3-5-11/h2-3,6-11H,4-5H2,1H3,(H,17,19)(H,18,20)(H,21,22). The molecule has 6 heteroatoms. The summed E-state index contributed by atoms with van der Waals surface area (Å²) in [5.41, 5.74) is 0.952. The van der Waals surface area contributed by atoms with Crippen LogP contribution < -0.4 is 10.6 Å². The predicted molar refractivity (Wildman–Crippen MR) is 81.5 cm³/mol. The molecular weight excluding hydrogens is 284 g/mol. The van der Waals surface area contributed by atoms with Gasteiger partial charge in [0.05, 0.1) is 0 Å². The highest BCUT2D eigenvalue weighted by Crippen LogP contribution is 2.20. The largest absolute Gasteiger partial charge is 0.480 e. The van der Waals surface area contributed by atoms with E-state index in [1.54, 1.807) is 24.3 Å². The molecule has 0 aliphatic heterocycles. The number of carboxylic acid groups (broad SMARTS) is 1. The van der Waals surface area contributed by atoms with E-state index < -0.39 is 17.9 Å². The van der Waals surface area contributed by atoms with Gasteiger partial charge in [-0.3, -0.25) is 14.4 Å². The Bertz CT molecular complexity index is 599. The number of nitrogens with one attached hydrogen (secondary N) is 2. The summed E-state index contributed by atoms with van der Waals surface area (Å²) in [6.45, 7) is 1.39. The van der Waals surface area contributed by atoms with Gasteiger partial charge in [-0.2, -0.15) is 0 Å². The fourth-order valence-corrected chi connectivity index (χ4v) is 2.12. The molecule has 0 saturated carbocycles. The lowest BCUT2D eigenvalue weighted by Crippen LogP contribution is -2.38. The second kappa shape index (κ2) is 6.89. The minimum atomic E-state index is -1.09. The van der Waals surface area contributed by atoms with Gasteiger partial charge in [-0.25, -0.2) is 0 Å². The molecule has 116 valence electrons. The highest BCUT2D eigenvalue weighted by atomic mass is 16.4. The van der Waals surface area contributed by atoms with Crippen molar-refractivity contribution >= 4 is 23.5 Å². The summed E-state index contributed by atoms with van der Waals surface area (Å²) >= 11 is 0. The highest BCUT2D eigenvalue weighted by molar-refractivity contribution is 5.97. The van der Waals surface area contributed by atoms with Crippen molar-refractivity contribution in [3.8, 4) is 0 Å². The third kappa shape index (κ3) is 3.94. The van der Waals surface area contributed by atoms with Crippen LogP contribution in [0.4, 0.5) is 5.69 Å². The van der Waals surface area contributed by atoms with E-state index in [0.29, 0.717) is 11.3 Å². The van der Waals surface area contributed by atoms with Crippen molar-refractivity contribution in [1.29, 1.82) is 0 Å². The third-order valence-corrected chi connectivity index (χ3v) is 3.51. The number of allylic oxidation sites excluding steroid dienone is 2. The Labute approximate surface area is 128 Å². The molecule has 1 aromatic rings. The molecule has 0 bridgehead atoms. The second-order valence-electron chi connectivity index (χ2n) is 5.24. The van der Waals surface area contributed by atoms with Gasteiger partial charge in [0, 0.05) is 17.2 Å². The lowest BCUT2D eigenvalue weighted by Gasteiger charge is -2.12. The number of amides is 2. The normalized spacial score (nSPS) is 15.3. The first-order valence-corrected chi connectivity index (χ1v) is 7.07. The molecule has 22 heavy (non-hydrogen) atoms. The van der Waals surface area contributed by atoms with Crippen LogP contribution in [-0.2, 0) is 9.59 Å². The minimum absolute atomic E-state index is 0.0283. The topological polar surface area (TPSA) is 95.5 Å². The summed E-state index contributed by atoms with van der Waals surface area (Å²) in [6.07, 6.45) is 5.47. The van der Waals surface area contributed by atoms with Crippen molar-refractivity contribution < 1.29 is 19.5 Å². The molecule has 6 nitrogen and oxygen atoms in total. The van der Waals surface area contributed by atoms with Gasteiger partial charge in [-0.05, 0) is 44.0 Å². The van der Waals surface area contributed by atoms with Gasteiger partial charge in [0.15, 0.2) is 0 Å². The number of benzene rings is 1. The molecule has 0 fully saturated rings. The molecule has 2 amide bonds. The summed E-state index contributed by atoms with van der Waals surface area (Å²) in [5.74, 6) is -1.63. The Morgan fingerprint density at radius 3 is 2.27 bits per heavy atom. The van der Waals surface area contributed by atoms with Gasteiger partial charge >= 0.3 is 5.97 Å². The maximum atomic E-state index is 12.0. The first-order valence-electron chi connectivity index (χ1n) is 7.07. The maximum Gasteiger partial charge on any atom is 0.325 e. The third-order valence-electron chi connectivity index (χ3n) is 3.51. The number of carbonyl (C=O) groups excluding carboxylic acids is 2. The Morgan fingerprint density at radius 1 is 1.14 bits per heavy atom. The van der Waals surface area contributed by atoms with E-state index >= 15 is 0 Å². The Kier molecular flexibility index (Phi) is 4.93. The molecular formula is C16H18N2O4. The van der Waals surface area contributed by atoms with Crippen LogP contribution in [0.25, 0.3) is 0 Å². The fourth-order valence-electron chi connectivity index (χ4n) is 2.12. The van der Waals surface area contributed by atoms with E-state index in [9.17, 15) is 14.4 Å². The van der Waals surface area contributed by atoms with E-state index in [1.165, 1.54) is 6.92 Å². The number of anilines is 1. The quantitative estimate of drug-likeness (QED) is 0.723. The highest BCUT2D eigenvalue weighted by Gasteiger charge is 2.19. The number of rotatable bonds is 5. The molecule has 0 saturated heterocycles. The number of hydrogen-bond acceptors (Lipinski definition) is 3. The molecule has 1 aliphatic carbocycles. The zero-order valence-electron chi connectivity index (χ0n) is 12.2. The summed E-state index contributed by atoms with van der Waals surface area (Å²) < 4.78 is 0. The van der Waals surface area contributed by atoms with Crippen molar-refractivity contribution in [2.75, 3.05) is 5.32 Å². The first-order chi connectivity index (χ1) is 10.5. The molecule has 0 heterocycles. The van der Waals surface area contributed by atoms with Crippen molar-refractivity contribution in [1.82, 2.24) is 5.32 Å². The van der Waals surface area contributed by atoms with Crippen LogP contribution >= 0.6 is 0 Å². The zero-order chi connectivity index (χ0) is 16.1. The van der Waals surface area contributed by atoms with Crippen molar-refractivity contribution in [3.05, 3.63) is 42.0 Å². The van der Waals surface area contributed by atoms with Crippen LogP contribution in [-0.4, -0.2) is 28.9 Å². The van der Waals surface area contributed by atoms with Crippen LogP contribution in [0.2, 0.25) is 0 Å². The van der Waals surface area contributed by atoms with Crippen LogP contribution in [0.1, 0.15) is 30.1 Å². The van der Waals surface area contributed by atoms with Crippen LogP contribution in [0.15, 0.2) is 36.4 Å². The zero-order valence-corrected chi connectivity index (χ0v) is 12.2. The number of carbonyl (C=O) groups is 3. The van der Waals surface area contributed by atoms with Gasteiger partial charge in [0.25, 0.3) is 5.91 Å². The Hall–Kier alpha value is -2.63. The summed E-state index contributed by atoms with van der Waals surface area (Å²) in [7, 11) is 0. The maximum absolute atomic E-state index is 12.0. The number of aliphatic carboxylic acids is 1. The van der Waals surface area contributed by atoms with Crippen molar-refractivity contribution in [3.63, 3.8) is 0 Å². The molecule has 1 unspecified atom stereocenters. The van der Waals surface area contributed by atoms with Crippen molar-refractivity contribution in [2.45, 2.75) is 25.8 Å². The predicted octanol–water partition coefficient (Wildman–Crippen LogP) is 1.79. The molecule has 2 rings (SSSR count). The summed E-state index contributed by atoms with van der Waals surface area (Å²) in [6, 6.07) is 5.39. The fraction of sp³-hybridized carbons (Fsp3) is 0.312. The van der Waals surface area contributed by atoms with Gasteiger partial charge in [-0.15, -0.1) is 0 Å². The average Bonchev–Trinajstić information content (AvgIpc) is 3.02. The van der Waals surface area contributed by atoms with Crippen molar-refractivity contribution in [2.24, 2.45) is 5.92 Å². The van der Waals surface area contributed by atoms with Crippen LogP contribution in [0.3, 0.4) is 0 Å². The number of hydrogen-bond donors (Lipinski definition) is 3. The monoisotopic (exact) mass is 302 g/mol. The smallest absolute Gasteiger partial charge is 0.325 e. The molecule has 3 N–H and O–H groups in total. The molecule has 1 aromatic carbocycles. The Morgan fingerprint density at radius 2 is 1.73 bits per heavy atom. The van der Waals surface area contributed by atoms with Crippen LogP contribution in [0.5, 0.6) is 0 Å². The van der Waals surface area contributed by atoms with Gasteiger partial charge in [-0.1, -0.05) is 12.2 Å². The Balaban J connectivity index is 1.93. The van der Waals surface area contributed by atoms with E-state index in [1.807, 2.05) is 12.2 Å². The molecule has 1 atom stereocenters. The van der Waals surface area contributed by atoms with Gasteiger partial charge in [0.1, 0.15) is 6.04 Å². The van der Waals surface area contributed by atoms with E-state index in [2.05, 4.69) is 10.6 Å². The summed E-state index contributed by atoms with van der Waals surface area (Å²) in [4.78, 5) is 34.5. The first kappa shape index (κ1) is 15.8. The second-order valence-corrected chi connectivity index (χ2v) is 5.24. The molecule has 0 radical (unpaired) electrons. The van der Waals surface area contributed by atoms with E-state index in [0.717, 1.165) is 12.8 Å². The average molecular weight is 302 g/mol. The molecule has 0 spiro atoms. The number of carboxylic acids is 1. The lowest BCUT2D eigenvalue weighted by molar-refractivity contribution is -0.138. The lowest BCUT2D eigenvalue weighted by atomic mass is 10.1. The van der Waals surface area contributed by atoms with Gasteiger partial charge in [0.2, 0.25) is 5.91 Å².